The predicted octanol–water partition coefficient (Wildman–Crippen LogP) is 5.54. The van der Waals surface area contributed by atoms with Gasteiger partial charge in [-0.2, -0.15) is 0 Å². The van der Waals surface area contributed by atoms with E-state index < -0.39 is 0 Å². The van der Waals surface area contributed by atoms with Gasteiger partial charge in [0, 0.05) is 21.1 Å². The quantitative estimate of drug-likeness (QED) is 0.600. The lowest BCUT2D eigenvalue weighted by Gasteiger charge is -2.29. The number of benzene rings is 1. The molecule has 0 spiro atoms. The minimum absolute atomic E-state index is 0.399. The highest BCUT2D eigenvalue weighted by molar-refractivity contribution is 9.10. The number of hydrogen-bond acceptors (Lipinski definition) is 2. The molecule has 0 saturated carbocycles. The van der Waals surface area contributed by atoms with E-state index in [-0.39, 0.29) is 0 Å². The van der Waals surface area contributed by atoms with Crippen LogP contribution in [-0.2, 0) is 12.8 Å². The topological polar surface area (TPSA) is 24.9 Å². The number of rotatable bonds is 1. The maximum atomic E-state index is 4.94. The molecule has 4 heteroatoms. The molecule has 0 bridgehead atoms. The summed E-state index contributed by atoms with van der Waals surface area (Å²) in [5.41, 5.74) is 7.05. The Bertz CT molecular complexity index is 780. The number of aryl methyl sites for hydroxylation is 3. The summed E-state index contributed by atoms with van der Waals surface area (Å²) in [5, 5.41) is 3.57. The first-order valence-electron chi connectivity index (χ1n) is 9.27. The normalized spacial score (nSPS) is 23.3. The van der Waals surface area contributed by atoms with Crippen LogP contribution in [0.1, 0.15) is 53.1 Å². The van der Waals surface area contributed by atoms with Crippen LogP contribution in [0.15, 0.2) is 33.3 Å². The first-order chi connectivity index (χ1) is 12.1. The lowest BCUT2D eigenvalue weighted by Crippen LogP contribution is -2.20. The molecule has 2 atom stereocenters. The second-order valence-corrected chi connectivity index (χ2v) is 9.21. The third kappa shape index (κ3) is 3.58. The van der Waals surface area contributed by atoms with Gasteiger partial charge in [-0.1, -0.05) is 22.0 Å². The molecule has 2 heterocycles. The van der Waals surface area contributed by atoms with Gasteiger partial charge in [0.25, 0.3) is 0 Å². The lowest BCUT2D eigenvalue weighted by atomic mass is 9.77. The van der Waals surface area contributed by atoms with Gasteiger partial charge >= 0.3 is 0 Å². The van der Waals surface area contributed by atoms with Crippen molar-refractivity contribution >= 4 is 31.9 Å². The first kappa shape index (κ1) is 17.7. The van der Waals surface area contributed by atoms with Crippen molar-refractivity contribution < 1.29 is 0 Å². The molecular formula is C21H24Br2N2. The summed E-state index contributed by atoms with van der Waals surface area (Å²) in [7, 11) is 0. The Balaban J connectivity index is 1.89. The first-order valence-corrected chi connectivity index (χ1v) is 10.9. The van der Waals surface area contributed by atoms with E-state index in [0.29, 0.717) is 11.8 Å². The fourth-order valence-corrected chi connectivity index (χ4v) is 5.84. The van der Waals surface area contributed by atoms with Crippen molar-refractivity contribution in [1.29, 1.82) is 0 Å². The fourth-order valence-electron chi connectivity index (χ4n) is 4.60. The molecule has 2 aliphatic rings. The van der Waals surface area contributed by atoms with Crippen LogP contribution < -0.4 is 5.32 Å². The van der Waals surface area contributed by atoms with E-state index in [1.807, 2.05) is 6.20 Å². The van der Waals surface area contributed by atoms with Crippen LogP contribution >= 0.6 is 31.9 Å². The molecule has 1 aliphatic heterocycles. The monoisotopic (exact) mass is 462 g/mol. The van der Waals surface area contributed by atoms with Crippen molar-refractivity contribution in [3.8, 4) is 0 Å². The van der Waals surface area contributed by atoms with Crippen molar-refractivity contribution in [3.05, 3.63) is 61.3 Å². The Kier molecular flexibility index (Phi) is 5.30. The smallest absolute Gasteiger partial charge is 0.0514 e. The van der Waals surface area contributed by atoms with E-state index in [0.717, 1.165) is 30.4 Å². The lowest BCUT2D eigenvalue weighted by molar-refractivity contribution is 0.414. The Labute approximate surface area is 167 Å². The zero-order valence-electron chi connectivity index (χ0n) is 14.6. The number of nitrogens with one attached hydrogen (secondary N) is 1. The van der Waals surface area contributed by atoms with Crippen molar-refractivity contribution in [3.63, 3.8) is 0 Å². The van der Waals surface area contributed by atoms with Gasteiger partial charge in [-0.15, -0.1) is 0 Å². The summed E-state index contributed by atoms with van der Waals surface area (Å²) in [6, 6.07) is 6.96. The zero-order chi connectivity index (χ0) is 17.4. The van der Waals surface area contributed by atoms with Gasteiger partial charge in [0.15, 0.2) is 0 Å². The van der Waals surface area contributed by atoms with Crippen LogP contribution in [0.2, 0.25) is 0 Å². The summed E-state index contributed by atoms with van der Waals surface area (Å²) >= 11 is 7.53. The maximum Gasteiger partial charge on any atom is 0.0514 e. The Morgan fingerprint density at radius 3 is 2.76 bits per heavy atom. The largest absolute Gasteiger partial charge is 0.317 e. The molecule has 4 rings (SSSR count). The van der Waals surface area contributed by atoms with Crippen LogP contribution in [0.3, 0.4) is 0 Å². The zero-order valence-corrected chi connectivity index (χ0v) is 17.8. The molecule has 132 valence electrons. The molecule has 2 nitrogen and oxygen atoms in total. The van der Waals surface area contributed by atoms with Gasteiger partial charge in [0.05, 0.1) is 5.69 Å². The van der Waals surface area contributed by atoms with Gasteiger partial charge in [-0.05, 0) is 108 Å². The van der Waals surface area contributed by atoms with Crippen molar-refractivity contribution in [2.45, 2.75) is 44.9 Å². The number of aromatic nitrogens is 1. The standard InChI is InChI=1S/C21H24Br2N2/c1-13-9-15-4-5-16-11-17(22)12-25-21(16)20(19(15)18(23)10-13)14-3-2-7-24-8-6-14/h9-12,14,20,24H,2-8H2,1H3. The third-order valence-electron chi connectivity index (χ3n) is 5.69. The number of pyridine rings is 1. The molecule has 1 saturated heterocycles. The summed E-state index contributed by atoms with van der Waals surface area (Å²) in [5.74, 6) is 1.05. The van der Waals surface area contributed by atoms with E-state index in [4.69, 9.17) is 4.98 Å². The van der Waals surface area contributed by atoms with Crippen LogP contribution in [0.25, 0.3) is 0 Å². The molecular weight excluding hydrogens is 440 g/mol. The van der Waals surface area contributed by atoms with Gasteiger partial charge in [0.1, 0.15) is 0 Å². The molecule has 1 aliphatic carbocycles. The minimum Gasteiger partial charge on any atom is -0.317 e. The van der Waals surface area contributed by atoms with E-state index >= 15 is 0 Å². The molecule has 1 N–H and O–H groups in total. The maximum absolute atomic E-state index is 4.94. The number of fused-ring (bicyclic) bond motifs is 2. The Morgan fingerprint density at radius 2 is 1.88 bits per heavy atom. The number of nitrogens with zero attached hydrogens (tertiary/aromatic N) is 1. The van der Waals surface area contributed by atoms with Crippen molar-refractivity contribution in [2.24, 2.45) is 5.92 Å². The highest BCUT2D eigenvalue weighted by Crippen LogP contribution is 2.45. The molecule has 1 aromatic heterocycles. The summed E-state index contributed by atoms with van der Waals surface area (Å²) in [6.45, 7) is 4.46. The molecule has 25 heavy (non-hydrogen) atoms. The Hall–Kier alpha value is -0.710. The van der Waals surface area contributed by atoms with Crippen LogP contribution in [0, 0.1) is 12.8 Å². The molecule has 2 aromatic rings. The third-order valence-corrected chi connectivity index (χ3v) is 6.78. The molecule has 0 amide bonds. The summed E-state index contributed by atoms with van der Waals surface area (Å²) in [6.07, 6.45) is 7.91. The molecule has 0 radical (unpaired) electrons. The molecule has 2 unspecified atom stereocenters. The SMILES string of the molecule is Cc1cc(Br)c2c(c1)CCc1cc(Br)cnc1C2C1CCCNCC1. The summed E-state index contributed by atoms with van der Waals surface area (Å²) < 4.78 is 2.36. The predicted molar refractivity (Wildman–Crippen MR) is 110 cm³/mol. The van der Waals surface area contributed by atoms with Crippen molar-refractivity contribution in [2.75, 3.05) is 13.1 Å². The minimum atomic E-state index is 0.399. The van der Waals surface area contributed by atoms with Gasteiger partial charge in [0.2, 0.25) is 0 Å². The van der Waals surface area contributed by atoms with Crippen LogP contribution in [0.4, 0.5) is 0 Å². The van der Waals surface area contributed by atoms with Crippen LogP contribution in [0.5, 0.6) is 0 Å². The highest BCUT2D eigenvalue weighted by atomic mass is 79.9. The van der Waals surface area contributed by atoms with Crippen LogP contribution in [-0.4, -0.2) is 18.1 Å². The average molecular weight is 464 g/mol. The summed E-state index contributed by atoms with van der Waals surface area (Å²) in [4.78, 5) is 4.94. The van der Waals surface area contributed by atoms with E-state index in [1.165, 1.54) is 51.7 Å². The van der Waals surface area contributed by atoms with E-state index in [1.54, 1.807) is 0 Å². The van der Waals surface area contributed by atoms with E-state index in [9.17, 15) is 0 Å². The average Bonchev–Trinajstić information content (AvgIpc) is 2.92. The van der Waals surface area contributed by atoms with Crippen molar-refractivity contribution in [1.82, 2.24) is 10.3 Å². The van der Waals surface area contributed by atoms with E-state index in [2.05, 4.69) is 62.3 Å². The number of hydrogen-bond donors (Lipinski definition) is 1. The van der Waals surface area contributed by atoms with Gasteiger partial charge in [-0.3, -0.25) is 4.98 Å². The second kappa shape index (κ2) is 7.50. The second-order valence-electron chi connectivity index (χ2n) is 7.44. The Morgan fingerprint density at radius 1 is 1.04 bits per heavy atom. The molecule has 1 fully saturated rings. The highest BCUT2D eigenvalue weighted by Gasteiger charge is 2.33. The molecule has 1 aromatic carbocycles. The fraction of sp³-hybridized carbons (Fsp3) is 0.476. The van der Waals surface area contributed by atoms with Gasteiger partial charge in [-0.25, -0.2) is 0 Å². The number of halogens is 2. The van der Waals surface area contributed by atoms with Gasteiger partial charge < -0.3 is 5.32 Å².